The van der Waals surface area contributed by atoms with E-state index in [4.69, 9.17) is 5.11 Å². The summed E-state index contributed by atoms with van der Waals surface area (Å²) in [5.74, 6) is -0.560. The molecule has 0 saturated carbocycles. The molecule has 0 aliphatic carbocycles. The lowest BCUT2D eigenvalue weighted by Gasteiger charge is -2.10. The number of nitrogens with zero attached hydrogens (tertiary/aromatic N) is 2. The minimum absolute atomic E-state index is 0.0144. The molecule has 1 heterocycles. The summed E-state index contributed by atoms with van der Waals surface area (Å²) in [4.78, 5) is 15.2. The normalized spacial score (nSPS) is 11.7. The molecule has 0 aliphatic rings. The highest BCUT2D eigenvalue weighted by atomic mass is 19.3. The van der Waals surface area contributed by atoms with Crippen LogP contribution in [-0.2, 0) is 6.54 Å². The van der Waals surface area contributed by atoms with Gasteiger partial charge in [0.1, 0.15) is 5.82 Å². The molecule has 102 valence electrons. The van der Waals surface area contributed by atoms with Crippen molar-refractivity contribution in [3.8, 4) is 0 Å². The Balaban J connectivity index is 2.66. The first-order valence-electron chi connectivity index (χ1n) is 5.91. The molecule has 1 aromatic carbocycles. The van der Waals surface area contributed by atoms with Gasteiger partial charge in [-0.25, -0.2) is 18.6 Å². The molecule has 0 saturated heterocycles. The van der Waals surface area contributed by atoms with Gasteiger partial charge in [-0.05, 0) is 18.2 Å². The molecule has 2 aromatic rings. The molecule has 0 amide bonds. The van der Waals surface area contributed by atoms with Crippen molar-refractivity contribution >= 4 is 17.0 Å². The highest BCUT2D eigenvalue weighted by Gasteiger charge is 2.18. The Morgan fingerprint density at radius 2 is 2.11 bits per heavy atom. The quantitative estimate of drug-likeness (QED) is 0.926. The molecular weight excluding hydrogens is 254 g/mol. The summed E-state index contributed by atoms with van der Waals surface area (Å²) in [6.07, 6.45) is -2.51. The molecule has 0 unspecified atom stereocenters. The van der Waals surface area contributed by atoms with Crippen molar-refractivity contribution in [3.63, 3.8) is 0 Å². The fraction of sp³-hybridized carbons (Fsp3) is 0.385. The predicted octanol–water partition coefficient (Wildman–Crippen LogP) is 3.12. The molecule has 6 heteroatoms. The van der Waals surface area contributed by atoms with E-state index in [2.05, 4.69) is 4.98 Å². The van der Waals surface area contributed by atoms with Gasteiger partial charge in [0.15, 0.2) is 0 Å². The van der Waals surface area contributed by atoms with Crippen LogP contribution in [0, 0.1) is 0 Å². The number of carboxylic acid groups (broad SMARTS) is 1. The van der Waals surface area contributed by atoms with E-state index in [1.165, 1.54) is 16.7 Å². The molecule has 0 radical (unpaired) electrons. The minimum Gasteiger partial charge on any atom is -0.478 e. The Labute approximate surface area is 108 Å². The minimum atomic E-state index is -2.51. The Morgan fingerprint density at radius 1 is 1.42 bits per heavy atom. The number of aromatic carboxylic acids is 1. The third kappa shape index (κ3) is 2.57. The van der Waals surface area contributed by atoms with Gasteiger partial charge >= 0.3 is 5.97 Å². The van der Waals surface area contributed by atoms with Gasteiger partial charge < -0.3 is 9.67 Å². The summed E-state index contributed by atoms with van der Waals surface area (Å²) < 4.78 is 26.7. The Kier molecular flexibility index (Phi) is 3.50. The second-order valence-corrected chi connectivity index (χ2v) is 4.64. The summed E-state index contributed by atoms with van der Waals surface area (Å²) in [5, 5.41) is 8.96. The van der Waals surface area contributed by atoms with E-state index in [1.807, 2.05) is 13.8 Å². The number of halogens is 2. The van der Waals surface area contributed by atoms with Crippen LogP contribution < -0.4 is 0 Å². The van der Waals surface area contributed by atoms with Crippen LogP contribution in [0.15, 0.2) is 18.2 Å². The zero-order chi connectivity index (χ0) is 14.2. The molecule has 0 bridgehead atoms. The number of benzene rings is 1. The van der Waals surface area contributed by atoms with Crippen molar-refractivity contribution in [1.29, 1.82) is 0 Å². The van der Waals surface area contributed by atoms with Crippen LogP contribution in [0.3, 0.4) is 0 Å². The van der Waals surface area contributed by atoms with Crippen molar-refractivity contribution in [2.45, 2.75) is 32.7 Å². The number of aromatic nitrogens is 2. The van der Waals surface area contributed by atoms with Crippen LogP contribution in [0.5, 0.6) is 0 Å². The number of hydrogen-bond acceptors (Lipinski definition) is 2. The van der Waals surface area contributed by atoms with Crippen LogP contribution in [-0.4, -0.2) is 27.1 Å². The van der Waals surface area contributed by atoms with Gasteiger partial charge in [-0.15, -0.1) is 0 Å². The number of fused-ring (bicyclic) bond motifs is 1. The van der Waals surface area contributed by atoms with Crippen molar-refractivity contribution < 1.29 is 18.7 Å². The van der Waals surface area contributed by atoms with Crippen molar-refractivity contribution in [3.05, 3.63) is 29.6 Å². The Hall–Kier alpha value is -1.98. The van der Waals surface area contributed by atoms with Gasteiger partial charge in [-0.1, -0.05) is 13.8 Å². The molecule has 0 fully saturated rings. The molecule has 4 nitrogen and oxygen atoms in total. The highest BCUT2D eigenvalue weighted by molar-refractivity contribution is 5.92. The third-order valence-electron chi connectivity index (χ3n) is 2.86. The van der Waals surface area contributed by atoms with E-state index >= 15 is 0 Å². The van der Waals surface area contributed by atoms with E-state index in [0.29, 0.717) is 16.9 Å². The number of hydrogen-bond donors (Lipinski definition) is 1. The zero-order valence-corrected chi connectivity index (χ0v) is 10.6. The summed E-state index contributed by atoms with van der Waals surface area (Å²) in [6, 6.07) is 4.36. The van der Waals surface area contributed by atoms with Gasteiger partial charge in [0.25, 0.3) is 6.43 Å². The first-order chi connectivity index (χ1) is 8.90. The van der Waals surface area contributed by atoms with Gasteiger partial charge in [0, 0.05) is 5.92 Å². The maximum atomic E-state index is 12.7. The van der Waals surface area contributed by atoms with Crippen LogP contribution in [0.4, 0.5) is 8.78 Å². The van der Waals surface area contributed by atoms with Gasteiger partial charge in [-0.3, -0.25) is 0 Å². The lowest BCUT2D eigenvalue weighted by Crippen LogP contribution is -2.11. The van der Waals surface area contributed by atoms with Gasteiger partial charge in [0.2, 0.25) is 0 Å². The fourth-order valence-electron chi connectivity index (χ4n) is 2.05. The fourth-order valence-corrected chi connectivity index (χ4v) is 2.05. The summed E-state index contributed by atoms with van der Waals surface area (Å²) in [6.45, 7) is 3.25. The summed E-state index contributed by atoms with van der Waals surface area (Å²) >= 11 is 0. The van der Waals surface area contributed by atoms with E-state index < -0.39 is 18.9 Å². The largest absolute Gasteiger partial charge is 0.478 e. The first kappa shape index (κ1) is 13.5. The monoisotopic (exact) mass is 268 g/mol. The predicted molar refractivity (Wildman–Crippen MR) is 66.8 cm³/mol. The maximum absolute atomic E-state index is 12.7. The molecule has 0 aliphatic heterocycles. The van der Waals surface area contributed by atoms with Gasteiger partial charge in [0.05, 0.1) is 23.1 Å². The smallest absolute Gasteiger partial charge is 0.335 e. The van der Waals surface area contributed by atoms with Crippen LogP contribution in [0.2, 0.25) is 0 Å². The maximum Gasteiger partial charge on any atom is 0.335 e. The first-order valence-corrected chi connectivity index (χ1v) is 5.91. The molecule has 1 aromatic heterocycles. The molecule has 2 rings (SSSR count). The molecule has 19 heavy (non-hydrogen) atoms. The van der Waals surface area contributed by atoms with Crippen LogP contribution >= 0.6 is 0 Å². The van der Waals surface area contributed by atoms with E-state index in [1.54, 1.807) is 6.07 Å². The Bertz CT molecular complexity index is 620. The van der Waals surface area contributed by atoms with Crippen molar-refractivity contribution in [1.82, 2.24) is 9.55 Å². The molecule has 0 atom stereocenters. The lowest BCUT2D eigenvalue weighted by atomic mass is 10.2. The average molecular weight is 268 g/mol. The standard InChI is InChI=1S/C13H14F2N2O2/c1-7(2)12-16-9-4-3-8(13(18)19)5-10(9)17(12)6-11(14)15/h3-5,7,11H,6H2,1-2H3,(H,18,19). The topological polar surface area (TPSA) is 55.1 Å². The Morgan fingerprint density at radius 3 is 2.63 bits per heavy atom. The molecule has 1 N–H and O–H groups in total. The number of carbonyl (C=O) groups is 1. The van der Waals surface area contributed by atoms with E-state index in [-0.39, 0.29) is 11.5 Å². The SMILES string of the molecule is CC(C)c1nc2ccc(C(=O)O)cc2n1CC(F)F. The summed E-state index contributed by atoms with van der Waals surface area (Å²) in [5.41, 5.74) is 1.04. The average Bonchev–Trinajstić information content (AvgIpc) is 2.66. The van der Waals surface area contributed by atoms with Crippen LogP contribution in [0.1, 0.15) is 35.9 Å². The molecular formula is C13H14F2N2O2. The zero-order valence-electron chi connectivity index (χ0n) is 10.6. The van der Waals surface area contributed by atoms with E-state index in [0.717, 1.165) is 0 Å². The number of imidazole rings is 1. The lowest BCUT2D eigenvalue weighted by molar-refractivity contribution is 0.0697. The number of rotatable bonds is 4. The van der Waals surface area contributed by atoms with Gasteiger partial charge in [-0.2, -0.15) is 0 Å². The number of alkyl halides is 2. The highest BCUT2D eigenvalue weighted by Crippen LogP contribution is 2.24. The third-order valence-corrected chi connectivity index (χ3v) is 2.86. The van der Waals surface area contributed by atoms with E-state index in [9.17, 15) is 13.6 Å². The van der Waals surface area contributed by atoms with Crippen LogP contribution in [0.25, 0.3) is 11.0 Å². The second-order valence-electron chi connectivity index (χ2n) is 4.64. The van der Waals surface area contributed by atoms with Crippen molar-refractivity contribution in [2.24, 2.45) is 0 Å². The molecule has 0 spiro atoms. The summed E-state index contributed by atoms with van der Waals surface area (Å²) in [7, 11) is 0. The number of carboxylic acids is 1. The second kappa shape index (κ2) is 4.95. The van der Waals surface area contributed by atoms with Crippen molar-refractivity contribution in [2.75, 3.05) is 0 Å².